The van der Waals surface area contributed by atoms with E-state index in [1.807, 2.05) is 25.2 Å². The van der Waals surface area contributed by atoms with Crippen LogP contribution in [0.5, 0.6) is 5.75 Å². The third-order valence-electron chi connectivity index (χ3n) is 3.69. The Balaban J connectivity index is 2.39. The molecule has 0 bridgehead atoms. The second-order valence-electron chi connectivity index (χ2n) is 5.43. The summed E-state index contributed by atoms with van der Waals surface area (Å²) in [6, 6.07) is 8.11. The lowest BCUT2D eigenvalue weighted by molar-refractivity contribution is 0.0495. The van der Waals surface area contributed by atoms with Crippen LogP contribution in [-0.2, 0) is 4.74 Å². The summed E-state index contributed by atoms with van der Waals surface area (Å²) in [6.45, 7) is 3.87. The van der Waals surface area contributed by atoms with Crippen LogP contribution in [0.1, 0.15) is 57.1 Å². The van der Waals surface area contributed by atoms with Crippen molar-refractivity contribution in [1.82, 2.24) is 5.32 Å². The molecule has 0 aliphatic rings. The molecule has 0 aliphatic carbocycles. The predicted molar refractivity (Wildman–Crippen MR) is 89.0 cm³/mol. The monoisotopic (exact) mass is 293 g/mol. The predicted octanol–water partition coefficient (Wildman–Crippen LogP) is 4.33. The minimum absolute atomic E-state index is 0.0572. The molecule has 1 aromatic rings. The molecule has 1 rings (SSSR count). The highest BCUT2D eigenvalue weighted by Crippen LogP contribution is 2.27. The molecule has 1 unspecified atom stereocenters. The van der Waals surface area contributed by atoms with Crippen molar-refractivity contribution in [1.29, 1.82) is 0 Å². The highest BCUT2D eigenvalue weighted by Gasteiger charge is 2.15. The fourth-order valence-electron chi connectivity index (χ4n) is 2.48. The van der Waals surface area contributed by atoms with Crippen molar-refractivity contribution in [2.75, 3.05) is 27.3 Å². The molecule has 0 spiro atoms. The van der Waals surface area contributed by atoms with E-state index in [0.717, 1.165) is 30.9 Å². The van der Waals surface area contributed by atoms with Gasteiger partial charge >= 0.3 is 0 Å². The first-order valence-electron chi connectivity index (χ1n) is 8.22. The molecule has 1 atom stereocenters. The van der Waals surface area contributed by atoms with Crippen LogP contribution in [0.3, 0.4) is 0 Å². The first-order chi connectivity index (χ1) is 10.3. The van der Waals surface area contributed by atoms with Gasteiger partial charge in [-0.1, -0.05) is 57.2 Å². The topological polar surface area (TPSA) is 30.5 Å². The van der Waals surface area contributed by atoms with Gasteiger partial charge in [0.1, 0.15) is 5.75 Å². The molecule has 120 valence electrons. The van der Waals surface area contributed by atoms with Crippen molar-refractivity contribution in [2.45, 2.75) is 51.6 Å². The van der Waals surface area contributed by atoms with Gasteiger partial charge in [-0.3, -0.25) is 0 Å². The van der Waals surface area contributed by atoms with Crippen molar-refractivity contribution >= 4 is 0 Å². The van der Waals surface area contributed by atoms with Crippen LogP contribution in [0.25, 0.3) is 0 Å². The molecular weight excluding hydrogens is 262 g/mol. The Morgan fingerprint density at radius 3 is 2.48 bits per heavy atom. The van der Waals surface area contributed by atoms with Crippen molar-refractivity contribution in [3.05, 3.63) is 29.8 Å². The van der Waals surface area contributed by atoms with Crippen LogP contribution < -0.4 is 10.1 Å². The number of methoxy groups -OCH3 is 1. The van der Waals surface area contributed by atoms with E-state index in [1.54, 1.807) is 7.11 Å². The molecule has 0 radical (unpaired) electrons. The molecule has 0 aromatic heterocycles. The summed E-state index contributed by atoms with van der Waals surface area (Å²) in [6.07, 6.45) is 7.78. The van der Waals surface area contributed by atoms with Gasteiger partial charge in [-0.15, -0.1) is 0 Å². The van der Waals surface area contributed by atoms with E-state index in [1.165, 1.54) is 32.1 Å². The third kappa shape index (κ3) is 6.96. The van der Waals surface area contributed by atoms with Gasteiger partial charge in [0, 0.05) is 18.7 Å². The lowest BCUT2D eigenvalue weighted by Crippen LogP contribution is -2.20. The molecule has 0 heterocycles. The van der Waals surface area contributed by atoms with Crippen LogP contribution in [-0.4, -0.2) is 27.3 Å². The van der Waals surface area contributed by atoms with Crippen molar-refractivity contribution in [3.8, 4) is 5.75 Å². The molecule has 0 aliphatic heterocycles. The van der Waals surface area contributed by atoms with Crippen LogP contribution >= 0.6 is 0 Å². The number of hydrogen-bond acceptors (Lipinski definition) is 3. The van der Waals surface area contributed by atoms with Gasteiger partial charge in [-0.05, 0) is 19.5 Å². The Kier molecular flexibility index (Phi) is 9.92. The molecule has 0 amide bonds. The maximum absolute atomic E-state index is 6.08. The zero-order valence-corrected chi connectivity index (χ0v) is 13.9. The van der Waals surface area contributed by atoms with Crippen LogP contribution in [0, 0.1) is 0 Å². The van der Waals surface area contributed by atoms with Gasteiger partial charge in [0.05, 0.1) is 13.2 Å². The average molecular weight is 293 g/mol. The third-order valence-corrected chi connectivity index (χ3v) is 3.69. The van der Waals surface area contributed by atoms with Crippen molar-refractivity contribution < 1.29 is 9.47 Å². The van der Waals surface area contributed by atoms with E-state index < -0.39 is 0 Å². The highest BCUT2D eigenvalue weighted by atomic mass is 16.5. The summed E-state index contributed by atoms with van der Waals surface area (Å²) >= 11 is 0. The molecule has 0 fully saturated rings. The van der Waals surface area contributed by atoms with E-state index >= 15 is 0 Å². The highest BCUT2D eigenvalue weighted by molar-refractivity contribution is 5.35. The van der Waals surface area contributed by atoms with Crippen LogP contribution in [0.4, 0.5) is 0 Å². The fourth-order valence-corrected chi connectivity index (χ4v) is 2.48. The summed E-state index contributed by atoms with van der Waals surface area (Å²) in [5.41, 5.74) is 1.13. The Labute approximate surface area is 130 Å². The van der Waals surface area contributed by atoms with Gasteiger partial charge in [-0.25, -0.2) is 0 Å². The molecule has 1 N–H and O–H groups in total. The SMILES string of the molecule is CCCCCCCCOC(CNC)c1ccccc1OC. The molecular formula is C18H31NO2. The van der Waals surface area contributed by atoms with Gasteiger partial charge in [0.2, 0.25) is 0 Å². The van der Waals surface area contributed by atoms with Gasteiger partial charge in [0.15, 0.2) is 0 Å². The van der Waals surface area contributed by atoms with E-state index in [0.29, 0.717) is 0 Å². The minimum Gasteiger partial charge on any atom is -0.496 e. The Morgan fingerprint density at radius 2 is 1.76 bits per heavy atom. The number of benzene rings is 1. The number of ether oxygens (including phenoxy) is 2. The Bertz CT molecular complexity index is 368. The van der Waals surface area contributed by atoms with Crippen molar-refractivity contribution in [2.24, 2.45) is 0 Å². The second-order valence-corrected chi connectivity index (χ2v) is 5.43. The molecule has 0 saturated heterocycles. The summed E-state index contributed by atoms with van der Waals surface area (Å²) in [4.78, 5) is 0. The minimum atomic E-state index is 0.0572. The summed E-state index contributed by atoms with van der Waals surface area (Å²) < 4.78 is 11.5. The number of unbranched alkanes of at least 4 members (excludes halogenated alkanes) is 5. The normalized spacial score (nSPS) is 12.3. The van der Waals surface area contributed by atoms with Crippen LogP contribution in [0.15, 0.2) is 24.3 Å². The molecule has 1 aromatic carbocycles. The number of hydrogen-bond donors (Lipinski definition) is 1. The molecule has 3 nitrogen and oxygen atoms in total. The fraction of sp³-hybridized carbons (Fsp3) is 0.667. The largest absolute Gasteiger partial charge is 0.496 e. The molecule has 21 heavy (non-hydrogen) atoms. The summed E-state index contributed by atoms with van der Waals surface area (Å²) in [5.74, 6) is 0.903. The number of para-hydroxylation sites is 1. The van der Waals surface area contributed by atoms with Gasteiger partial charge < -0.3 is 14.8 Å². The Morgan fingerprint density at radius 1 is 1.05 bits per heavy atom. The molecule has 3 heteroatoms. The second kappa shape index (κ2) is 11.6. The summed E-state index contributed by atoms with van der Waals surface area (Å²) in [5, 5.41) is 3.21. The Hall–Kier alpha value is -1.06. The maximum Gasteiger partial charge on any atom is 0.124 e. The number of likely N-dealkylation sites (N-methyl/N-ethyl adjacent to an activating group) is 1. The van der Waals surface area contributed by atoms with Crippen molar-refractivity contribution in [3.63, 3.8) is 0 Å². The van der Waals surface area contributed by atoms with Gasteiger partial charge in [-0.2, -0.15) is 0 Å². The molecule has 0 saturated carbocycles. The number of nitrogens with one attached hydrogen (secondary N) is 1. The lowest BCUT2D eigenvalue weighted by atomic mass is 10.1. The number of rotatable bonds is 12. The average Bonchev–Trinajstić information content (AvgIpc) is 2.53. The van der Waals surface area contributed by atoms with E-state index in [9.17, 15) is 0 Å². The first kappa shape index (κ1) is 18.0. The van der Waals surface area contributed by atoms with Crippen LogP contribution in [0.2, 0.25) is 0 Å². The zero-order valence-electron chi connectivity index (χ0n) is 13.9. The van der Waals surface area contributed by atoms with Gasteiger partial charge in [0.25, 0.3) is 0 Å². The van der Waals surface area contributed by atoms with E-state index in [-0.39, 0.29) is 6.10 Å². The standard InChI is InChI=1S/C18H31NO2/c1-4-5-6-7-8-11-14-21-18(15-19-2)16-12-9-10-13-17(16)20-3/h9-10,12-13,18-19H,4-8,11,14-15H2,1-3H3. The van der Waals surface area contributed by atoms with E-state index in [2.05, 4.69) is 18.3 Å². The quantitative estimate of drug-likeness (QED) is 0.582. The maximum atomic E-state index is 6.08. The van der Waals surface area contributed by atoms with E-state index in [4.69, 9.17) is 9.47 Å². The zero-order chi connectivity index (χ0) is 15.3. The smallest absolute Gasteiger partial charge is 0.124 e. The lowest BCUT2D eigenvalue weighted by Gasteiger charge is -2.20. The first-order valence-corrected chi connectivity index (χ1v) is 8.22. The summed E-state index contributed by atoms with van der Waals surface area (Å²) in [7, 11) is 3.67.